The lowest BCUT2D eigenvalue weighted by molar-refractivity contribution is -0.214. The van der Waals surface area contributed by atoms with Gasteiger partial charge < -0.3 is 10.2 Å². The molecule has 2 aromatic rings. The van der Waals surface area contributed by atoms with Crippen LogP contribution in [-0.2, 0) is 4.89 Å². The molecule has 1 unspecified atom stereocenters. The van der Waals surface area contributed by atoms with E-state index in [1.54, 1.807) is 0 Å². The maximum atomic E-state index is 13.1. The van der Waals surface area contributed by atoms with Gasteiger partial charge in [-0.05, 0) is 62.1 Å². The number of likely N-dealkylation sites (tertiary alicyclic amines) is 2. The van der Waals surface area contributed by atoms with Crippen molar-refractivity contribution >= 4 is 6.03 Å². The Morgan fingerprint density at radius 3 is 2.11 bits per heavy atom. The van der Waals surface area contributed by atoms with Gasteiger partial charge in [0.05, 0.1) is 7.11 Å². The number of hydrogen-bond donors (Lipinski definition) is 2. The number of benzene rings is 2. The maximum absolute atomic E-state index is 13.1. The maximum Gasteiger partial charge on any atom is 0.317 e. The minimum atomic E-state index is 0. The average Bonchev–Trinajstić information content (AvgIpc) is 3.69. The van der Waals surface area contributed by atoms with Crippen molar-refractivity contribution in [3.8, 4) is 11.1 Å². The van der Waals surface area contributed by atoms with Gasteiger partial charge in [0.25, 0.3) is 0 Å². The number of carbonyl (C=O) groups is 1. The van der Waals surface area contributed by atoms with Crippen molar-refractivity contribution in [3.63, 3.8) is 0 Å². The lowest BCUT2D eigenvalue weighted by Gasteiger charge is -2.62. The van der Waals surface area contributed by atoms with Gasteiger partial charge in [0.1, 0.15) is 0 Å². The van der Waals surface area contributed by atoms with E-state index in [1.165, 1.54) is 23.8 Å². The number of nitrogens with one attached hydrogen (secondary N) is 1. The van der Waals surface area contributed by atoms with E-state index in [0.29, 0.717) is 18.0 Å². The van der Waals surface area contributed by atoms with Crippen LogP contribution in [0.15, 0.2) is 54.6 Å². The van der Waals surface area contributed by atoms with Crippen molar-refractivity contribution in [2.24, 2.45) is 11.3 Å². The molecule has 2 N–H and O–H groups in total. The summed E-state index contributed by atoms with van der Waals surface area (Å²) in [7, 11) is 1.18. The molecule has 2 amide bonds. The quantitative estimate of drug-likeness (QED) is 0.330. The smallest absolute Gasteiger partial charge is 0.317 e. The SMILES string of the molecule is CC[C@H](C)C1(NC(=O)N2CCC3(CC2)CN(C(C)C)C3c2ccc(-c3ccccc3)cc2)CC1.COO.[HH]. The third kappa shape index (κ3) is 5.71. The summed E-state index contributed by atoms with van der Waals surface area (Å²) in [6.45, 7) is 12.0. The Balaban J connectivity index is 0.000000956. The first-order valence-corrected chi connectivity index (χ1v) is 13.9. The predicted octanol–water partition coefficient (Wildman–Crippen LogP) is 6.84. The highest BCUT2D eigenvalue weighted by Crippen LogP contribution is 2.56. The van der Waals surface area contributed by atoms with Crippen LogP contribution < -0.4 is 5.32 Å². The van der Waals surface area contributed by atoms with Gasteiger partial charge in [-0.3, -0.25) is 10.2 Å². The zero-order valence-electron chi connectivity index (χ0n) is 23.2. The molecule has 2 aliphatic heterocycles. The Hall–Kier alpha value is -2.41. The van der Waals surface area contributed by atoms with Crippen LogP contribution in [0.3, 0.4) is 0 Å². The summed E-state index contributed by atoms with van der Waals surface area (Å²) in [5.41, 5.74) is 4.31. The minimum absolute atomic E-state index is 0. The molecule has 2 heterocycles. The Labute approximate surface area is 224 Å². The second kappa shape index (κ2) is 11.5. The molecule has 0 aromatic heterocycles. The number of carbonyl (C=O) groups excluding carboxylic acids is 1. The monoisotopic (exact) mass is 509 g/mol. The second-order valence-electron chi connectivity index (χ2n) is 11.6. The Bertz CT molecular complexity index is 1020. The van der Waals surface area contributed by atoms with Crippen LogP contribution >= 0.6 is 0 Å². The van der Waals surface area contributed by atoms with Crippen LogP contribution in [-0.4, -0.2) is 59.4 Å². The Morgan fingerprint density at radius 2 is 1.59 bits per heavy atom. The fourth-order valence-electron chi connectivity index (χ4n) is 6.44. The highest BCUT2D eigenvalue weighted by Gasteiger charge is 2.55. The van der Waals surface area contributed by atoms with Crippen LogP contribution in [0.25, 0.3) is 11.1 Å². The minimum Gasteiger partial charge on any atom is -0.332 e. The molecule has 6 heteroatoms. The van der Waals surface area contributed by atoms with Crippen LogP contribution in [0.5, 0.6) is 0 Å². The van der Waals surface area contributed by atoms with Crippen molar-refractivity contribution in [1.82, 2.24) is 15.1 Å². The lowest BCUT2D eigenvalue weighted by atomic mass is 9.62. The number of nitrogens with zero attached hydrogens (tertiary/aromatic N) is 2. The molecule has 0 radical (unpaired) electrons. The van der Waals surface area contributed by atoms with Gasteiger partial charge >= 0.3 is 6.03 Å². The molecule has 2 atom stereocenters. The molecule has 3 fully saturated rings. The normalized spacial score (nSPS) is 22.6. The molecule has 2 saturated heterocycles. The predicted molar refractivity (Wildman–Crippen MR) is 151 cm³/mol. The number of hydrogen-bond acceptors (Lipinski definition) is 4. The Kier molecular flexibility index (Phi) is 8.62. The highest BCUT2D eigenvalue weighted by molar-refractivity contribution is 5.76. The van der Waals surface area contributed by atoms with Crippen molar-refractivity contribution in [2.45, 2.75) is 77.4 Å². The summed E-state index contributed by atoms with van der Waals surface area (Å²) in [5.74, 6) is 0.557. The van der Waals surface area contributed by atoms with E-state index in [4.69, 9.17) is 5.26 Å². The molecule has 37 heavy (non-hydrogen) atoms. The van der Waals surface area contributed by atoms with Crippen molar-refractivity contribution in [1.29, 1.82) is 0 Å². The largest absolute Gasteiger partial charge is 0.332 e. The van der Waals surface area contributed by atoms with Gasteiger partial charge in [-0.15, -0.1) is 0 Å². The van der Waals surface area contributed by atoms with E-state index >= 15 is 0 Å². The summed E-state index contributed by atoms with van der Waals surface area (Å²) in [6.07, 6.45) is 5.57. The summed E-state index contributed by atoms with van der Waals surface area (Å²) < 4.78 is 0. The molecule has 0 bridgehead atoms. The summed E-state index contributed by atoms with van der Waals surface area (Å²) in [6, 6.07) is 21.0. The summed E-state index contributed by atoms with van der Waals surface area (Å²) in [4.78, 5) is 21.1. The van der Waals surface area contributed by atoms with Gasteiger partial charge in [-0.25, -0.2) is 9.68 Å². The highest BCUT2D eigenvalue weighted by atomic mass is 17.1. The topological polar surface area (TPSA) is 65.0 Å². The van der Waals surface area contributed by atoms with Crippen LogP contribution in [0.2, 0.25) is 0 Å². The fourth-order valence-corrected chi connectivity index (χ4v) is 6.44. The van der Waals surface area contributed by atoms with Crippen molar-refractivity contribution < 1.29 is 16.4 Å². The van der Waals surface area contributed by atoms with Gasteiger partial charge in [0.15, 0.2) is 0 Å². The molecule has 204 valence electrons. The molecule has 3 aliphatic rings. The Morgan fingerprint density at radius 1 is 1.03 bits per heavy atom. The zero-order chi connectivity index (χ0) is 26.6. The van der Waals surface area contributed by atoms with E-state index < -0.39 is 0 Å². The van der Waals surface area contributed by atoms with Crippen molar-refractivity contribution in [3.05, 3.63) is 60.2 Å². The van der Waals surface area contributed by atoms with E-state index in [-0.39, 0.29) is 18.4 Å². The van der Waals surface area contributed by atoms with E-state index in [9.17, 15) is 4.79 Å². The standard InChI is InChI=1S/C30H41N3O.CH4O2.H2/c1-5-23(4)30(15-16-30)31-28(34)32-19-17-29(18-20-32)21-33(22(2)3)27(29)26-13-11-25(12-14-26)24-9-7-6-8-10-24;1-3-2;/h6-14,22-23,27H,5,15-21H2,1-4H3,(H,31,34);2H,1H3;1H/t23-,27?;;/m0../s1. The summed E-state index contributed by atoms with van der Waals surface area (Å²) >= 11 is 0. The fraction of sp³-hybridized carbons (Fsp3) is 0.581. The van der Waals surface area contributed by atoms with Gasteiger partial charge in [0.2, 0.25) is 0 Å². The average molecular weight is 510 g/mol. The third-order valence-electron chi connectivity index (χ3n) is 9.15. The second-order valence-corrected chi connectivity index (χ2v) is 11.6. The molecule has 1 saturated carbocycles. The number of urea groups is 1. The first kappa shape index (κ1) is 27.6. The first-order chi connectivity index (χ1) is 17.8. The zero-order valence-corrected chi connectivity index (χ0v) is 23.2. The number of amides is 2. The number of rotatable bonds is 6. The molecule has 2 aromatic carbocycles. The van der Waals surface area contributed by atoms with Gasteiger partial charge in [0, 0.05) is 44.1 Å². The number of piperidine rings is 1. The molecule has 1 aliphatic carbocycles. The molecule has 5 rings (SSSR count). The van der Waals surface area contributed by atoms with Gasteiger partial charge in [-0.2, -0.15) is 0 Å². The third-order valence-corrected chi connectivity index (χ3v) is 9.15. The van der Waals surface area contributed by atoms with E-state index in [1.807, 2.05) is 0 Å². The van der Waals surface area contributed by atoms with Crippen LogP contribution in [0, 0.1) is 11.3 Å². The molecular weight excluding hydrogens is 462 g/mol. The van der Waals surface area contributed by atoms with E-state index in [0.717, 1.165) is 51.7 Å². The molecule has 1 spiro atoms. The van der Waals surface area contributed by atoms with Crippen LogP contribution in [0.1, 0.15) is 72.8 Å². The lowest BCUT2D eigenvalue weighted by Crippen LogP contribution is -2.64. The summed E-state index contributed by atoms with van der Waals surface area (Å²) in [5, 5.41) is 10.5. The van der Waals surface area contributed by atoms with Crippen LogP contribution in [0.4, 0.5) is 4.79 Å². The molecule has 6 nitrogen and oxygen atoms in total. The van der Waals surface area contributed by atoms with Crippen molar-refractivity contribution in [2.75, 3.05) is 26.7 Å². The molecular formula is C31H47N3O3. The van der Waals surface area contributed by atoms with Gasteiger partial charge in [-0.1, -0.05) is 74.9 Å². The van der Waals surface area contributed by atoms with E-state index in [2.05, 4.69) is 102 Å². The first-order valence-electron chi connectivity index (χ1n) is 13.9.